The van der Waals surface area contributed by atoms with E-state index in [9.17, 15) is 13.2 Å². The maximum absolute atomic E-state index is 12.6. The molecule has 0 atom stereocenters. The smallest absolute Gasteiger partial charge is 0.367 e. The number of alkyl halides is 3. The molecule has 0 amide bonds. The average Bonchev–Trinajstić information content (AvgIpc) is 2.90. The van der Waals surface area contributed by atoms with Gasteiger partial charge in [-0.3, -0.25) is 0 Å². The number of anilines is 1. The number of hydrogen-bond acceptors (Lipinski definition) is 2. The van der Waals surface area contributed by atoms with Crippen LogP contribution in [0.25, 0.3) is 0 Å². The summed E-state index contributed by atoms with van der Waals surface area (Å²) in [5.74, 6) is -0.0757. The molecule has 0 unspecified atom stereocenters. The lowest BCUT2D eigenvalue weighted by molar-refractivity contribution is -0.137. The second kappa shape index (κ2) is 3.66. The Morgan fingerprint density at radius 1 is 1.40 bits per heavy atom. The van der Waals surface area contributed by atoms with Gasteiger partial charge in [0.05, 0.1) is 5.56 Å². The highest BCUT2D eigenvalue weighted by Gasteiger charge is 2.36. The molecule has 1 aromatic rings. The number of pyridine rings is 1. The maximum Gasteiger partial charge on any atom is 0.419 e. The molecule has 1 aliphatic rings. The average molecular weight is 281 g/mol. The molecular weight excluding hydrogens is 273 g/mol. The molecule has 0 aliphatic heterocycles. The lowest BCUT2D eigenvalue weighted by Gasteiger charge is -2.13. The summed E-state index contributed by atoms with van der Waals surface area (Å²) in [5.41, 5.74) is -0.719. The van der Waals surface area contributed by atoms with Crippen molar-refractivity contribution in [2.45, 2.75) is 25.1 Å². The van der Waals surface area contributed by atoms with E-state index in [4.69, 9.17) is 0 Å². The standard InChI is InChI=1S/C9H8BrF3N2/c10-5-3-7(9(11,12)13)8(14-4-5)15-6-1-2-6/h3-4,6H,1-2H2,(H,14,15). The Morgan fingerprint density at radius 2 is 2.07 bits per heavy atom. The van der Waals surface area contributed by atoms with Gasteiger partial charge in [0.1, 0.15) is 5.82 Å². The summed E-state index contributed by atoms with van der Waals surface area (Å²) in [6, 6.07) is 1.19. The van der Waals surface area contributed by atoms with Gasteiger partial charge in [-0.15, -0.1) is 0 Å². The van der Waals surface area contributed by atoms with Gasteiger partial charge < -0.3 is 5.32 Å². The van der Waals surface area contributed by atoms with Crippen LogP contribution in [0.4, 0.5) is 19.0 Å². The van der Waals surface area contributed by atoms with Crippen molar-refractivity contribution in [2.24, 2.45) is 0 Å². The van der Waals surface area contributed by atoms with E-state index in [-0.39, 0.29) is 11.9 Å². The zero-order valence-corrected chi connectivity index (χ0v) is 9.19. The number of hydrogen-bond donors (Lipinski definition) is 1. The van der Waals surface area contributed by atoms with Crippen LogP contribution in [0.2, 0.25) is 0 Å². The van der Waals surface area contributed by atoms with Gasteiger partial charge in [-0.1, -0.05) is 0 Å². The molecular formula is C9H8BrF3N2. The lowest BCUT2D eigenvalue weighted by atomic mass is 10.2. The predicted molar refractivity (Wildman–Crippen MR) is 53.6 cm³/mol. The van der Waals surface area contributed by atoms with Crippen LogP contribution in [0.1, 0.15) is 18.4 Å². The molecule has 1 aromatic heterocycles. The van der Waals surface area contributed by atoms with E-state index in [1.807, 2.05) is 0 Å². The molecule has 0 spiro atoms. The SMILES string of the molecule is FC(F)(F)c1cc(Br)cnc1NC1CC1. The van der Waals surface area contributed by atoms with Crippen LogP contribution in [0.15, 0.2) is 16.7 Å². The molecule has 6 heteroatoms. The summed E-state index contributed by atoms with van der Waals surface area (Å²) in [4.78, 5) is 3.75. The monoisotopic (exact) mass is 280 g/mol. The van der Waals surface area contributed by atoms with Crippen molar-refractivity contribution < 1.29 is 13.2 Å². The summed E-state index contributed by atoms with van der Waals surface area (Å²) >= 11 is 2.98. The quantitative estimate of drug-likeness (QED) is 0.898. The fraction of sp³-hybridized carbons (Fsp3) is 0.444. The van der Waals surface area contributed by atoms with Crippen LogP contribution in [-0.4, -0.2) is 11.0 Å². The van der Waals surface area contributed by atoms with E-state index >= 15 is 0 Å². The van der Waals surface area contributed by atoms with E-state index in [1.165, 1.54) is 6.20 Å². The highest BCUT2D eigenvalue weighted by molar-refractivity contribution is 9.10. The summed E-state index contributed by atoms with van der Waals surface area (Å²) < 4.78 is 38.1. The van der Waals surface area contributed by atoms with Crippen molar-refractivity contribution in [1.29, 1.82) is 0 Å². The van der Waals surface area contributed by atoms with Crippen molar-refractivity contribution in [1.82, 2.24) is 4.98 Å². The molecule has 1 aliphatic carbocycles. The van der Waals surface area contributed by atoms with E-state index in [1.54, 1.807) is 0 Å². The predicted octanol–water partition coefficient (Wildman–Crippen LogP) is 3.44. The van der Waals surface area contributed by atoms with Crippen molar-refractivity contribution in [3.8, 4) is 0 Å². The summed E-state index contributed by atoms with van der Waals surface area (Å²) in [5, 5.41) is 2.77. The Hall–Kier alpha value is -0.780. The summed E-state index contributed by atoms with van der Waals surface area (Å²) in [7, 11) is 0. The first kappa shape index (κ1) is 10.7. The maximum atomic E-state index is 12.6. The van der Waals surface area contributed by atoms with Crippen LogP contribution < -0.4 is 5.32 Å². The molecule has 1 saturated carbocycles. The van der Waals surface area contributed by atoms with Gasteiger partial charge in [-0.05, 0) is 34.8 Å². The number of halogens is 4. The molecule has 1 N–H and O–H groups in total. The summed E-state index contributed by atoms with van der Waals surface area (Å²) in [6.07, 6.45) is -1.18. The van der Waals surface area contributed by atoms with E-state index in [2.05, 4.69) is 26.2 Å². The fourth-order valence-corrected chi connectivity index (χ4v) is 1.52. The Labute approximate surface area is 93.0 Å². The first-order chi connectivity index (χ1) is 6.97. The molecule has 2 nitrogen and oxygen atoms in total. The Bertz CT molecular complexity index is 374. The molecule has 2 rings (SSSR count). The number of aromatic nitrogens is 1. The lowest BCUT2D eigenvalue weighted by Crippen LogP contribution is -2.13. The zero-order valence-electron chi connectivity index (χ0n) is 7.61. The third-order valence-electron chi connectivity index (χ3n) is 2.08. The zero-order chi connectivity index (χ0) is 11.1. The largest absolute Gasteiger partial charge is 0.419 e. The third-order valence-corrected chi connectivity index (χ3v) is 2.51. The third kappa shape index (κ3) is 2.62. The van der Waals surface area contributed by atoms with Crippen molar-refractivity contribution >= 4 is 21.7 Å². The normalized spacial score (nSPS) is 16.5. The molecule has 0 radical (unpaired) electrons. The van der Waals surface area contributed by atoms with Crippen LogP contribution in [-0.2, 0) is 6.18 Å². The van der Waals surface area contributed by atoms with Crippen molar-refractivity contribution in [3.63, 3.8) is 0 Å². The summed E-state index contributed by atoms with van der Waals surface area (Å²) in [6.45, 7) is 0. The van der Waals surface area contributed by atoms with E-state index in [0.29, 0.717) is 4.47 Å². The number of nitrogens with zero attached hydrogens (tertiary/aromatic N) is 1. The van der Waals surface area contributed by atoms with Crippen LogP contribution in [0, 0.1) is 0 Å². The van der Waals surface area contributed by atoms with Gasteiger partial charge in [0.15, 0.2) is 0 Å². The first-order valence-electron chi connectivity index (χ1n) is 4.46. The van der Waals surface area contributed by atoms with Gasteiger partial charge in [0.2, 0.25) is 0 Å². The van der Waals surface area contributed by atoms with Gasteiger partial charge in [-0.2, -0.15) is 13.2 Å². The minimum Gasteiger partial charge on any atom is -0.367 e. The highest BCUT2D eigenvalue weighted by Crippen LogP contribution is 2.37. The second-order valence-electron chi connectivity index (χ2n) is 3.47. The van der Waals surface area contributed by atoms with Crippen LogP contribution in [0.5, 0.6) is 0 Å². The van der Waals surface area contributed by atoms with Gasteiger partial charge in [0.25, 0.3) is 0 Å². The van der Waals surface area contributed by atoms with Crippen molar-refractivity contribution in [2.75, 3.05) is 5.32 Å². The Kier molecular flexibility index (Phi) is 2.62. The topological polar surface area (TPSA) is 24.9 Å². The van der Waals surface area contributed by atoms with Gasteiger partial charge in [0, 0.05) is 16.7 Å². The first-order valence-corrected chi connectivity index (χ1v) is 5.25. The Balaban J connectivity index is 2.34. The van der Waals surface area contributed by atoms with Crippen molar-refractivity contribution in [3.05, 3.63) is 22.3 Å². The molecule has 1 fully saturated rings. The van der Waals surface area contributed by atoms with E-state index < -0.39 is 11.7 Å². The molecule has 15 heavy (non-hydrogen) atoms. The minimum absolute atomic E-state index is 0.0757. The highest BCUT2D eigenvalue weighted by atomic mass is 79.9. The van der Waals surface area contributed by atoms with Crippen LogP contribution >= 0.6 is 15.9 Å². The number of nitrogens with one attached hydrogen (secondary N) is 1. The van der Waals surface area contributed by atoms with Gasteiger partial charge in [-0.25, -0.2) is 4.98 Å². The van der Waals surface area contributed by atoms with Crippen LogP contribution in [0.3, 0.4) is 0 Å². The molecule has 0 bridgehead atoms. The molecule has 0 saturated heterocycles. The van der Waals surface area contributed by atoms with Gasteiger partial charge >= 0.3 is 6.18 Å². The molecule has 1 heterocycles. The fourth-order valence-electron chi connectivity index (χ4n) is 1.19. The van der Waals surface area contributed by atoms with E-state index in [0.717, 1.165) is 18.9 Å². The minimum atomic E-state index is -4.37. The number of rotatable bonds is 2. The molecule has 0 aromatic carbocycles. The molecule has 82 valence electrons. The Morgan fingerprint density at radius 3 is 2.60 bits per heavy atom. The second-order valence-corrected chi connectivity index (χ2v) is 4.38.